The average Bonchev–Trinajstić information content (AvgIpc) is 3.22. The van der Waals surface area contributed by atoms with Crippen LogP contribution in [-0.4, -0.2) is 32.8 Å². The molecule has 0 aliphatic rings. The minimum atomic E-state index is -3.81. The van der Waals surface area contributed by atoms with Crippen molar-refractivity contribution < 1.29 is 22.4 Å². The Morgan fingerprint density at radius 3 is 2.37 bits per heavy atom. The fraction of sp³-hybridized carbons (Fsp3) is 0.333. The van der Waals surface area contributed by atoms with Crippen LogP contribution in [0.15, 0.2) is 51.9 Å². The summed E-state index contributed by atoms with van der Waals surface area (Å²) in [7, 11) is -0.769. The maximum Gasteiger partial charge on any atom is 0.240 e. The highest BCUT2D eigenvalue weighted by Gasteiger charge is 2.25. The van der Waals surface area contributed by atoms with Gasteiger partial charge in [-0.25, -0.2) is 13.1 Å². The van der Waals surface area contributed by atoms with Crippen LogP contribution in [0.5, 0.6) is 11.5 Å². The van der Waals surface area contributed by atoms with Crippen molar-refractivity contribution in [2.45, 2.75) is 37.6 Å². The van der Waals surface area contributed by atoms with Crippen LogP contribution >= 0.6 is 0 Å². The summed E-state index contributed by atoms with van der Waals surface area (Å²) in [4.78, 5) is 4.48. The first kappa shape index (κ1) is 21.8. The Kier molecular flexibility index (Phi) is 6.14. The predicted molar refractivity (Wildman–Crippen MR) is 112 cm³/mol. The Bertz CT molecular complexity index is 1130. The van der Waals surface area contributed by atoms with E-state index in [4.69, 9.17) is 14.0 Å². The first-order valence-corrected chi connectivity index (χ1v) is 10.8. The molecule has 0 aliphatic carbocycles. The van der Waals surface area contributed by atoms with E-state index in [0.29, 0.717) is 23.0 Å². The van der Waals surface area contributed by atoms with Gasteiger partial charge in [-0.3, -0.25) is 0 Å². The minimum Gasteiger partial charge on any atom is -0.496 e. The van der Waals surface area contributed by atoms with E-state index in [9.17, 15) is 8.42 Å². The first-order chi connectivity index (χ1) is 14.2. The van der Waals surface area contributed by atoms with Crippen LogP contribution in [0.1, 0.15) is 32.2 Å². The number of para-hydroxylation sites is 1. The third-order valence-electron chi connectivity index (χ3n) is 4.43. The molecule has 0 fully saturated rings. The van der Waals surface area contributed by atoms with Crippen LogP contribution in [-0.2, 0) is 22.0 Å². The van der Waals surface area contributed by atoms with Gasteiger partial charge < -0.3 is 14.0 Å². The lowest BCUT2D eigenvalue weighted by Gasteiger charge is -2.12. The van der Waals surface area contributed by atoms with Gasteiger partial charge in [0.05, 0.1) is 24.7 Å². The lowest BCUT2D eigenvalue weighted by atomic mass is 9.97. The van der Waals surface area contributed by atoms with Crippen LogP contribution in [0, 0.1) is 0 Å². The summed E-state index contributed by atoms with van der Waals surface area (Å²) in [6.45, 7) is 5.93. The fourth-order valence-electron chi connectivity index (χ4n) is 2.77. The van der Waals surface area contributed by atoms with Crippen LogP contribution in [0.2, 0.25) is 0 Å². The molecule has 1 N–H and O–H groups in total. The maximum atomic E-state index is 12.9. The fourth-order valence-corrected chi connectivity index (χ4v) is 3.80. The number of hydrogen-bond donors (Lipinski definition) is 1. The molecule has 0 spiro atoms. The number of ether oxygens (including phenoxy) is 2. The lowest BCUT2D eigenvalue weighted by molar-refractivity contribution is 0.321. The number of rotatable bonds is 7. The highest BCUT2D eigenvalue weighted by molar-refractivity contribution is 7.89. The smallest absolute Gasteiger partial charge is 0.240 e. The molecule has 3 aromatic rings. The van der Waals surface area contributed by atoms with Crippen molar-refractivity contribution in [2.24, 2.45) is 0 Å². The summed E-state index contributed by atoms with van der Waals surface area (Å²) >= 11 is 0. The summed E-state index contributed by atoms with van der Waals surface area (Å²) in [5.74, 6) is 1.76. The van der Waals surface area contributed by atoms with E-state index in [1.165, 1.54) is 19.2 Å². The highest BCUT2D eigenvalue weighted by Crippen LogP contribution is 2.32. The molecule has 160 valence electrons. The number of hydrogen-bond acceptors (Lipinski definition) is 7. The van der Waals surface area contributed by atoms with Crippen LogP contribution in [0.3, 0.4) is 0 Å². The molecular weight excluding hydrogens is 406 g/mol. The van der Waals surface area contributed by atoms with E-state index < -0.39 is 10.0 Å². The molecule has 8 nitrogen and oxygen atoms in total. The second-order valence-corrected chi connectivity index (χ2v) is 9.44. The van der Waals surface area contributed by atoms with Gasteiger partial charge in [-0.15, -0.1) is 0 Å². The molecule has 0 atom stereocenters. The molecule has 0 amide bonds. The Morgan fingerprint density at radius 2 is 1.73 bits per heavy atom. The van der Waals surface area contributed by atoms with E-state index in [1.807, 2.05) is 32.9 Å². The van der Waals surface area contributed by atoms with Crippen LogP contribution in [0.4, 0.5) is 0 Å². The van der Waals surface area contributed by atoms with Crippen molar-refractivity contribution in [3.63, 3.8) is 0 Å². The zero-order valence-corrected chi connectivity index (χ0v) is 18.4. The highest BCUT2D eigenvalue weighted by atomic mass is 32.2. The van der Waals surface area contributed by atoms with Crippen LogP contribution in [0.25, 0.3) is 11.4 Å². The molecule has 3 rings (SSSR count). The molecule has 30 heavy (non-hydrogen) atoms. The number of nitrogens with zero attached hydrogens (tertiary/aromatic N) is 2. The number of methoxy groups -OCH3 is 2. The Labute approximate surface area is 176 Å². The molecule has 0 aliphatic heterocycles. The summed E-state index contributed by atoms with van der Waals surface area (Å²) in [5, 5.41) is 4.00. The standard InChI is InChI=1S/C21H25N3O5S/c1-21(2,3)20-23-19(24-29-20)16-12-15(10-11-18(16)28-5)30(25,26)22-13-14-8-6-7-9-17(14)27-4/h6-12,22H,13H2,1-5H3. The number of benzene rings is 2. The van der Waals surface area contributed by atoms with E-state index in [1.54, 1.807) is 25.3 Å². The van der Waals surface area contributed by atoms with E-state index >= 15 is 0 Å². The summed E-state index contributed by atoms with van der Waals surface area (Å²) < 4.78 is 44.4. The van der Waals surface area contributed by atoms with E-state index in [0.717, 1.165) is 5.56 Å². The van der Waals surface area contributed by atoms with Gasteiger partial charge in [-0.2, -0.15) is 4.98 Å². The molecule has 0 saturated carbocycles. The zero-order valence-electron chi connectivity index (χ0n) is 17.6. The van der Waals surface area contributed by atoms with Crippen molar-refractivity contribution in [1.82, 2.24) is 14.9 Å². The van der Waals surface area contributed by atoms with Gasteiger partial charge in [0.2, 0.25) is 21.7 Å². The van der Waals surface area contributed by atoms with Gasteiger partial charge in [0, 0.05) is 17.5 Å². The maximum absolute atomic E-state index is 12.9. The molecule has 1 aromatic heterocycles. The molecule has 1 heterocycles. The normalized spacial score (nSPS) is 12.0. The molecule has 0 bridgehead atoms. The molecule has 0 unspecified atom stereocenters. The lowest BCUT2D eigenvalue weighted by Crippen LogP contribution is -2.23. The van der Waals surface area contributed by atoms with Crippen molar-refractivity contribution in [3.05, 3.63) is 53.9 Å². The zero-order chi connectivity index (χ0) is 21.9. The van der Waals surface area contributed by atoms with Crippen molar-refractivity contribution in [3.8, 4) is 22.9 Å². The largest absolute Gasteiger partial charge is 0.496 e. The molecule has 9 heteroatoms. The van der Waals surface area contributed by atoms with Crippen molar-refractivity contribution in [1.29, 1.82) is 0 Å². The molecule has 2 aromatic carbocycles. The second kappa shape index (κ2) is 8.45. The molecular formula is C21H25N3O5S. The number of aromatic nitrogens is 2. The van der Waals surface area contributed by atoms with Crippen molar-refractivity contribution in [2.75, 3.05) is 14.2 Å². The quantitative estimate of drug-likeness (QED) is 0.610. The molecule has 0 radical (unpaired) electrons. The minimum absolute atomic E-state index is 0.0651. The Hall–Kier alpha value is -2.91. The Morgan fingerprint density at radius 1 is 1.03 bits per heavy atom. The van der Waals surface area contributed by atoms with Gasteiger partial charge in [0.15, 0.2) is 0 Å². The van der Waals surface area contributed by atoms with E-state index in [2.05, 4.69) is 14.9 Å². The predicted octanol–water partition coefficient (Wildman–Crippen LogP) is 3.53. The van der Waals surface area contributed by atoms with Gasteiger partial charge in [0.1, 0.15) is 11.5 Å². The first-order valence-electron chi connectivity index (χ1n) is 9.30. The topological polar surface area (TPSA) is 104 Å². The number of sulfonamides is 1. The third kappa shape index (κ3) is 4.63. The molecule has 0 saturated heterocycles. The third-order valence-corrected chi connectivity index (χ3v) is 5.83. The SMILES string of the molecule is COc1ccccc1CNS(=O)(=O)c1ccc(OC)c(-c2noc(C(C)(C)C)n2)c1. The average molecular weight is 432 g/mol. The van der Waals surface area contributed by atoms with Gasteiger partial charge in [0.25, 0.3) is 0 Å². The van der Waals surface area contributed by atoms with Gasteiger partial charge in [-0.05, 0) is 24.3 Å². The monoisotopic (exact) mass is 431 g/mol. The van der Waals surface area contributed by atoms with Gasteiger partial charge >= 0.3 is 0 Å². The van der Waals surface area contributed by atoms with Crippen molar-refractivity contribution >= 4 is 10.0 Å². The van der Waals surface area contributed by atoms with Gasteiger partial charge in [-0.1, -0.05) is 44.1 Å². The summed E-state index contributed by atoms with van der Waals surface area (Å²) in [6, 6.07) is 11.7. The Balaban J connectivity index is 1.92. The second-order valence-electron chi connectivity index (χ2n) is 7.67. The summed E-state index contributed by atoms with van der Waals surface area (Å²) in [5.41, 5.74) is 0.820. The van der Waals surface area contributed by atoms with E-state index in [-0.39, 0.29) is 22.7 Å². The number of nitrogens with one attached hydrogen (secondary N) is 1. The van der Waals surface area contributed by atoms with Crippen LogP contribution < -0.4 is 14.2 Å². The summed E-state index contributed by atoms with van der Waals surface area (Å²) in [6.07, 6.45) is 0.